The fourth-order valence-corrected chi connectivity index (χ4v) is 1.93. The van der Waals surface area contributed by atoms with E-state index in [0.717, 1.165) is 23.5 Å². The van der Waals surface area contributed by atoms with Crippen LogP contribution >= 0.6 is 0 Å². The Bertz CT molecular complexity index is 482. The van der Waals surface area contributed by atoms with Crippen LogP contribution in [0, 0.1) is 0 Å². The molecule has 0 bridgehead atoms. The average Bonchev–Trinajstić information content (AvgIpc) is 2.48. The summed E-state index contributed by atoms with van der Waals surface area (Å²) in [6, 6.07) is 17.7. The van der Waals surface area contributed by atoms with Crippen LogP contribution in [0.1, 0.15) is 18.1 Å². The second kappa shape index (κ2) is 6.81. The minimum atomic E-state index is -0.0143. The first-order valence-corrected chi connectivity index (χ1v) is 6.39. The molecule has 2 N–H and O–H groups in total. The van der Waals surface area contributed by atoms with Gasteiger partial charge in [-0.1, -0.05) is 30.3 Å². The quantitative estimate of drug-likeness (QED) is 0.864. The Labute approximate surface area is 114 Å². The molecule has 3 nitrogen and oxygen atoms in total. The third kappa shape index (κ3) is 3.73. The molecule has 0 aliphatic carbocycles. The molecular formula is C16H19NO2. The lowest BCUT2D eigenvalue weighted by Crippen LogP contribution is -2.13. The first-order valence-electron chi connectivity index (χ1n) is 6.39. The number of hydrogen-bond donors (Lipinski definition) is 1. The van der Waals surface area contributed by atoms with Crippen LogP contribution in [0.2, 0.25) is 0 Å². The molecule has 2 rings (SSSR count). The molecule has 3 heteroatoms. The van der Waals surface area contributed by atoms with Gasteiger partial charge in [0.2, 0.25) is 0 Å². The molecule has 0 saturated carbocycles. The van der Waals surface area contributed by atoms with E-state index in [1.54, 1.807) is 7.11 Å². The van der Waals surface area contributed by atoms with Gasteiger partial charge in [0.1, 0.15) is 17.6 Å². The zero-order valence-corrected chi connectivity index (χ0v) is 11.1. The molecule has 0 heterocycles. The van der Waals surface area contributed by atoms with Gasteiger partial charge >= 0.3 is 0 Å². The number of methoxy groups -OCH3 is 1. The van der Waals surface area contributed by atoms with E-state index < -0.39 is 0 Å². The molecule has 1 atom stereocenters. The Hall–Kier alpha value is -2.00. The van der Waals surface area contributed by atoms with Gasteiger partial charge in [-0.05, 0) is 36.4 Å². The molecule has 0 radical (unpaired) electrons. The van der Waals surface area contributed by atoms with Crippen molar-refractivity contribution in [2.75, 3.05) is 13.7 Å². The van der Waals surface area contributed by atoms with Crippen molar-refractivity contribution in [2.24, 2.45) is 5.73 Å². The van der Waals surface area contributed by atoms with Crippen molar-refractivity contribution in [3.05, 3.63) is 60.2 Å². The van der Waals surface area contributed by atoms with Gasteiger partial charge in [0.25, 0.3) is 0 Å². The molecular weight excluding hydrogens is 238 g/mol. The fraction of sp³-hybridized carbons (Fsp3) is 0.250. The lowest BCUT2D eigenvalue weighted by atomic mass is 10.1. The van der Waals surface area contributed by atoms with Crippen LogP contribution in [0.3, 0.4) is 0 Å². The SMILES string of the molecule is COc1ccc(OC(CCN)c2ccccc2)cc1. The van der Waals surface area contributed by atoms with E-state index in [0.29, 0.717) is 6.54 Å². The fourth-order valence-electron chi connectivity index (χ4n) is 1.93. The second-order valence-electron chi connectivity index (χ2n) is 4.27. The van der Waals surface area contributed by atoms with Crippen molar-refractivity contribution in [3.8, 4) is 11.5 Å². The van der Waals surface area contributed by atoms with Gasteiger partial charge in [-0.3, -0.25) is 0 Å². The zero-order chi connectivity index (χ0) is 13.5. The molecule has 0 aromatic heterocycles. The number of nitrogens with two attached hydrogens (primary N) is 1. The van der Waals surface area contributed by atoms with E-state index in [4.69, 9.17) is 15.2 Å². The molecule has 0 spiro atoms. The van der Waals surface area contributed by atoms with Gasteiger partial charge in [-0.2, -0.15) is 0 Å². The lowest BCUT2D eigenvalue weighted by Gasteiger charge is -2.19. The molecule has 19 heavy (non-hydrogen) atoms. The molecule has 2 aromatic rings. The third-order valence-corrected chi connectivity index (χ3v) is 2.94. The molecule has 100 valence electrons. The van der Waals surface area contributed by atoms with Crippen LogP contribution in [0.4, 0.5) is 0 Å². The monoisotopic (exact) mass is 257 g/mol. The molecule has 0 aliphatic rings. The normalized spacial score (nSPS) is 11.9. The van der Waals surface area contributed by atoms with E-state index in [9.17, 15) is 0 Å². The number of hydrogen-bond acceptors (Lipinski definition) is 3. The molecule has 1 unspecified atom stereocenters. The number of rotatable bonds is 6. The summed E-state index contributed by atoms with van der Waals surface area (Å²) < 4.78 is 11.1. The van der Waals surface area contributed by atoms with Crippen molar-refractivity contribution in [1.82, 2.24) is 0 Å². The van der Waals surface area contributed by atoms with E-state index in [-0.39, 0.29) is 6.10 Å². The number of benzene rings is 2. The van der Waals surface area contributed by atoms with Crippen LogP contribution in [0.15, 0.2) is 54.6 Å². The summed E-state index contributed by atoms with van der Waals surface area (Å²) in [5.41, 5.74) is 6.81. The van der Waals surface area contributed by atoms with Gasteiger partial charge < -0.3 is 15.2 Å². The maximum atomic E-state index is 6.00. The third-order valence-electron chi connectivity index (χ3n) is 2.94. The van der Waals surface area contributed by atoms with Gasteiger partial charge in [0, 0.05) is 6.42 Å². The standard InChI is InChI=1S/C16H19NO2/c1-18-14-7-9-15(10-8-14)19-16(11-12-17)13-5-3-2-4-6-13/h2-10,16H,11-12,17H2,1H3. The maximum absolute atomic E-state index is 6.00. The predicted molar refractivity (Wildman–Crippen MR) is 76.5 cm³/mol. The molecule has 0 amide bonds. The molecule has 0 saturated heterocycles. The molecule has 0 fully saturated rings. The summed E-state index contributed by atoms with van der Waals surface area (Å²) in [5, 5.41) is 0. The Morgan fingerprint density at radius 2 is 1.58 bits per heavy atom. The Kier molecular flexibility index (Phi) is 4.81. The van der Waals surface area contributed by atoms with E-state index >= 15 is 0 Å². The predicted octanol–water partition coefficient (Wildman–Crippen LogP) is 3.16. The first-order chi connectivity index (χ1) is 9.33. The highest BCUT2D eigenvalue weighted by molar-refractivity contribution is 5.32. The summed E-state index contributed by atoms with van der Waals surface area (Å²) >= 11 is 0. The highest BCUT2D eigenvalue weighted by atomic mass is 16.5. The van der Waals surface area contributed by atoms with Crippen LogP contribution in [-0.2, 0) is 0 Å². The number of ether oxygens (including phenoxy) is 2. The van der Waals surface area contributed by atoms with Crippen molar-refractivity contribution in [2.45, 2.75) is 12.5 Å². The Morgan fingerprint density at radius 3 is 2.16 bits per heavy atom. The highest BCUT2D eigenvalue weighted by Gasteiger charge is 2.12. The summed E-state index contributed by atoms with van der Waals surface area (Å²) in [6.45, 7) is 0.593. The lowest BCUT2D eigenvalue weighted by molar-refractivity contribution is 0.197. The highest BCUT2D eigenvalue weighted by Crippen LogP contribution is 2.25. The van der Waals surface area contributed by atoms with E-state index in [2.05, 4.69) is 12.1 Å². The van der Waals surface area contributed by atoms with Crippen molar-refractivity contribution < 1.29 is 9.47 Å². The zero-order valence-electron chi connectivity index (χ0n) is 11.1. The Balaban J connectivity index is 2.11. The van der Waals surface area contributed by atoms with Gasteiger partial charge in [0.05, 0.1) is 7.11 Å². The van der Waals surface area contributed by atoms with Crippen LogP contribution in [0.25, 0.3) is 0 Å². The summed E-state index contributed by atoms with van der Waals surface area (Å²) in [6.07, 6.45) is 0.773. The topological polar surface area (TPSA) is 44.5 Å². The van der Waals surface area contributed by atoms with Crippen molar-refractivity contribution in [3.63, 3.8) is 0 Å². The van der Waals surface area contributed by atoms with Crippen LogP contribution in [0.5, 0.6) is 11.5 Å². The van der Waals surface area contributed by atoms with Crippen molar-refractivity contribution >= 4 is 0 Å². The maximum Gasteiger partial charge on any atom is 0.125 e. The minimum Gasteiger partial charge on any atom is -0.497 e. The van der Waals surface area contributed by atoms with Crippen LogP contribution < -0.4 is 15.2 Å². The van der Waals surface area contributed by atoms with E-state index in [1.807, 2.05) is 42.5 Å². The van der Waals surface area contributed by atoms with Gasteiger partial charge in [0.15, 0.2) is 0 Å². The molecule has 0 aliphatic heterocycles. The van der Waals surface area contributed by atoms with Gasteiger partial charge in [-0.25, -0.2) is 0 Å². The summed E-state index contributed by atoms with van der Waals surface area (Å²) in [5.74, 6) is 1.64. The summed E-state index contributed by atoms with van der Waals surface area (Å²) in [4.78, 5) is 0. The first kappa shape index (κ1) is 13.4. The smallest absolute Gasteiger partial charge is 0.125 e. The average molecular weight is 257 g/mol. The minimum absolute atomic E-state index is 0.0143. The van der Waals surface area contributed by atoms with Crippen LogP contribution in [-0.4, -0.2) is 13.7 Å². The largest absolute Gasteiger partial charge is 0.497 e. The van der Waals surface area contributed by atoms with E-state index in [1.165, 1.54) is 0 Å². The summed E-state index contributed by atoms with van der Waals surface area (Å²) in [7, 11) is 1.65. The van der Waals surface area contributed by atoms with Gasteiger partial charge in [-0.15, -0.1) is 0 Å². The second-order valence-corrected chi connectivity index (χ2v) is 4.27. The van der Waals surface area contributed by atoms with Crippen molar-refractivity contribution in [1.29, 1.82) is 0 Å². The Morgan fingerprint density at radius 1 is 0.947 bits per heavy atom. The molecule has 2 aromatic carbocycles.